The Kier molecular flexibility index (Phi) is 6.66. The monoisotopic (exact) mass is 360 g/mol. The maximum absolute atomic E-state index is 13.6. The molecule has 5 nitrogen and oxygen atoms in total. The summed E-state index contributed by atoms with van der Waals surface area (Å²) in [4.78, 5) is 17.4. The van der Waals surface area contributed by atoms with E-state index in [1.54, 1.807) is 33.3 Å². The van der Waals surface area contributed by atoms with Crippen molar-refractivity contribution in [3.63, 3.8) is 0 Å². The minimum atomic E-state index is -0.487. The molecule has 138 valence electrons. The maximum atomic E-state index is 13.6. The van der Waals surface area contributed by atoms with E-state index in [1.807, 2.05) is 12.1 Å². The molecule has 2 rings (SSSR count). The van der Waals surface area contributed by atoms with Crippen molar-refractivity contribution in [3.05, 3.63) is 70.8 Å². The van der Waals surface area contributed by atoms with Gasteiger partial charge in [-0.15, -0.1) is 0 Å². The molecular formula is C19H22F2N4O. The molecule has 2 aromatic carbocycles. The molecule has 0 saturated heterocycles. The number of nitrogens with one attached hydrogen (secondary N) is 2. The highest BCUT2D eigenvalue weighted by atomic mass is 19.1. The number of halogens is 2. The van der Waals surface area contributed by atoms with Crippen LogP contribution in [-0.2, 0) is 13.1 Å². The van der Waals surface area contributed by atoms with Crippen LogP contribution in [0, 0.1) is 11.6 Å². The maximum Gasteiger partial charge on any atom is 0.253 e. The summed E-state index contributed by atoms with van der Waals surface area (Å²) in [5.74, 6) is -0.560. The molecule has 0 aromatic heterocycles. The molecule has 0 atom stereocenters. The molecule has 0 heterocycles. The third kappa shape index (κ3) is 5.27. The van der Waals surface area contributed by atoms with Gasteiger partial charge < -0.3 is 15.5 Å². The van der Waals surface area contributed by atoms with Gasteiger partial charge in [-0.05, 0) is 35.9 Å². The number of amides is 1. The van der Waals surface area contributed by atoms with Gasteiger partial charge in [0.15, 0.2) is 5.96 Å². The predicted molar refractivity (Wildman–Crippen MR) is 97.9 cm³/mol. The van der Waals surface area contributed by atoms with Crippen LogP contribution in [0.5, 0.6) is 0 Å². The standard InChI is InChI=1S/C19H22F2N4O/c1-22-19(24-12-15-10-16(20)8-9-17(15)21)23-11-13-4-6-14(7-5-13)18(26)25(2)3/h4-10H,11-12H2,1-3H3,(H2,22,23,24). The highest BCUT2D eigenvalue weighted by Crippen LogP contribution is 2.09. The second-order valence-electron chi connectivity index (χ2n) is 5.91. The average Bonchev–Trinajstić information content (AvgIpc) is 2.64. The van der Waals surface area contributed by atoms with Crippen molar-refractivity contribution < 1.29 is 13.6 Å². The van der Waals surface area contributed by atoms with E-state index in [0.29, 0.717) is 18.1 Å². The first-order chi connectivity index (χ1) is 12.4. The number of aliphatic imine (C=N–C) groups is 1. The van der Waals surface area contributed by atoms with Crippen molar-refractivity contribution in [2.75, 3.05) is 21.1 Å². The van der Waals surface area contributed by atoms with Crippen molar-refractivity contribution >= 4 is 11.9 Å². The molecule has 0 aliphatic heterocycles. The van der Waals surface area contributed by atoms with Crippen LogP contribution in [-0.4, -0.2) is 37.9 Å². The fraction of sp³-hybridized carbons (Fsp3) is 0.263. The average molecular weight is 360 g/mol. The van der Waals surface area contributed by atoms with Crippen LogP contribution in [0.4, 0.5) is 8.78 Å². The molecule has 0 aliphatic rings. The number of carbonyl (C=O) groups excluding carboxylic acids is 1. The van der Waals surface area contributed by atoms with Gasteiger partial charge in [-0.2, -0.15) is 0 Å². The molecule has 1 amide bonds. The van der Waals surface area contributed by atoms with Gasteiger partial charge in [0.05, 0.1) is 0 Å². The Morgan fingerprint density at radius 2 is 1.69 bits per heavy atom. The largest absolute Gasteiger partial charge is 0.352 e. The van der Waals surface area contributed by atoms with E-state index in [9.17, 15) is 13.6 Å². The van der Waals surface area contributed by atoms with Crippen LogP contribution in [0.15, 0.2) is 47.5 Å². The lowest BCUT2D eigenvalue weighted by atomic mass is 10.1. The zero-order valence-corrected chi connectivity index (χ0v) is 15.0. The lowest BCUT2D eigenvalue weighted by molar-refractivity contribution is 0.0827. The SMILES string of the molecule is CN=C(NCc1ccc(C(=O)N(C)C)cc1)NCc1cc(F)ccc1F. The van der Waals surface area contributed by atoms with Gasteiger partial charge in [0.25, 0.3) is 5.91 Å². The Labute approximate surface area is 151 Å². The van der Waals surface area contributed by atoms with Gasteiger partial charge >= 0.3 is 0 Å². The molecule has 0 saturated carbocycles. The number of rotatable bonds is 5. The summed E-state index contributed by atoms with van der Waals surface area (Å²) in [6.45, 7) is 0.585. The molecule has 7 heteroatoms. The minimum absolute atomic E-state index is 0.0564. The second kappa shape index (κ2) is 8.94. The van der Waals surface area contributed by atoms with E-state index >= 15 is 0 Å². The Morgan fingerprint density at radius 1 is 1.04 bits per heavy atom. The number of guanidine groups is 1. The number of carbonyl (C=O) groups is 1. The summed E-state index contributed by atoms with van der Waals surface area (Å²) in [7, 11) is 5.00. The van der Waals surface area contributed by atoms with Crippen molar-refractivity contribution in [2.24, 2.45) is 4.99 Å². The number of hydrogen-bond acceptors (Lipinski definition) is 2. The molecule has 2 aromatic rings. The van der Waals surface area contributed by atoms with Gasteiger partial charge in [-0.1, -0.05) is 12.1 Å². The molecule has 26 heavy (non-hydrogen) atoms. The van der Waals surface area contributed by atoms with Crippen LogP contribution in [0.1, 0.15) is 21.5 Å². The number of benzene rings is 2. The Bertz CT molecular complexity index is 789. The quantitative estimate of drug-likeness (QED) is 0.636. The van der Waals surface area contributed by atoms with Crippen molar-refractivity contribution in [2.45, 2.75) is 13.1 Å². The Hall–Kier alpha value is -2.96. The Balaban J connectivity index is 1.90. The third-order valence-corrected chi connectivity index (χ3v) is 3.74. The first-order valence-electron chi connectivity index (χ1n) is 8.09. The van der Waals surface area contributed by atoms with Crippen molar-refractivity contribution in [1.29, 1.82) is 0 Å². The summed E-state index contributed by atoms with van der Waals surface area (Å²) in [6, 6.07) is 10.5. The van der Waals surface area contributed by atoms with Gasteiger partial charge in [-0.25, -0.2) is 8.78 Å². The fourth-order valence-corrected chi connectivity index (χ4v) is 2.29. The van der Waals surface area contributed by atoms with Crippen LogP contribution >= 0.6 is 0 Å². The first kappa shape index (κ1) is 19.4. The van der Waals surface area contributed by atoms with E-state index < -0.39 is 11.6 Å². The molecule has 0 aliphatic carbocycles. The molecule has 0 bridgehead atoms. The van der Waals surface area contributed by atoms with Gasteiger partial charge in [0.1, 0.15) is 11.6 Å². The fourth-order valence-electron chi connectivity index (χ4n) is 2.29. The minimum Gasteiger partial charge on any atom is -0.352 e. The van der Waals surface area contributed by atoms with Crippen LogP contribution in [0.2, 0.25) is 0 Å². The molecule has 0 fully saturated rings. The van der Waals surface area contributed by atoms with Crippen LogP contribution < -0.4 is 10.6 Å². The topological polar surface area (TPSA) is 56.7 Å². The summed E-state index contributed by atoms with van der Waals surface area (Å²) in [6.07, 6.45) is 0. The zero-order chi connectivity index (χ0) is 19.1. The lowest BCUT2D eigenvalue weighted by Crippen LogP contribution is -2.36. The van der Waals surface area contributed by atoms with E-state index in [2.05, 4.69) is 15.6 Å². The molecule has 0 unspecified atom stereocenters. The number of nitrogens with zero attached hydrogens (tertiary/aromatic N) is 2. The summed E-state index contributed by atoms with van der Waals surface area (Å²) in [5, 5.41) is 6.03. The van der Waals surface area contributed by atoms with E-state index in [4.69, 9.17) is 0 Å². The lowest BCUT2D eigenvalue weighted by Gasteiger charge is -2.13. The summed E-state index contributed by atoms with van der Waals surface area (Å²) in [5.41, 5.74) is 1.79. The summed E-state index contributed by atoms with van der Waals surface area (Å²) < 4.78 is 26.8. The first-order valence-corrected chi connectivity index (χ1v) is 8.09. The third-order valence-electron chi connectivity index (χ3n) is 3.74. The predicted octanol–water partition coefficient (Wildman–Crippen LogP) is 2.53. The highest BCUT2D eigenvalue weighted by Gasteiger charge is 2.08. The summed E-state index contributed by atoms with van der Waals surface area (Å²) >= 11 is 0. The normalized spacial score (nSPS) is 11.2. The molecule has 0 radical (unpaired) electrons. The van der Waals surface area contributed by atoms with Gasteiger partial charge in [-0.3, -0.25) is 9.79 Å². The smallest absolute Gasteiger partial charge is 0.253 e. The van der Waals surface area contributed by atoms with E-state index in [1.165, 1.54) is 4.90 Å². The van der Waals surface area contributed by atoms with Crippen molar-refractivity contribution in [3.8, 4) is 0 Å². The zero-order valence-electron chi connectivity index (χ0n) is 15.0. The second-order valence-corrected chi connectivity index (χ2v) is 5.91. The van der Waals surface area contributed by atoms with E-state index in [-0.39, 0.29) is 18.0 Å². The highest BCUT2D eigenvalue weighted by molar-refractivity contribution is 5.93. The van der Waals surface area contributed by atoms with Crippen molar-refractivity contribution in [1.82, 2.24) is 15.5 Å². The van der Waals surface area contributed by atoms with Gasteiger partial charge in [0, 0.05) is 45.4 Å². The number of hydrogen-bond donors (Lipinski definition) is 2. The van der Waals surface area contributed by atoms with Crippen LogP contribution in [0.25, 0.3) is 0 Å². The Morgan fingerprint density at radius 3 is 2.31 bits per heavy atom. The van der Waals surface area contributed by atoms with E-state index in [0.717, 1.165) is 23.8 Å². The molecular weight excluding hydrogens is 338 g/mol. The van der Waals surface area contributed by atoms with Crippen LogP contribution in [0.3, 0.4) is 0 Å². The molecule has 2 N–H and O–H groups in total. The molecule has 0 spiro atoms. The van der Waals surface area contributed by atoms with Gasteiger partial charge in [0.2, 0.25) is 0 Å².